The number of aromatic nitrogens is 5. The number of phenols is 1. The standard InChI is InChI=1S/C19H15BrN8O4/c1-31-13-8-10(7-12(20)16(13)29)9-22-24-19(30)14-15(11-5-3-2-4-6-11)28(27-23-14)18-17(21)25-32-26-18/h2-9,29H,1H3,(H2,21,25)(H,24,30). The molecule has 4 rings (SSSR count). The number of nitrogens with zero attached hydrogens (tertiary/aromatic N) is 6. The Morgan fingerprint density at radius 1 is 1.31 bits per heavy atom. The zero-order valence-corrected chi connectivity index (χ0v) is 18.0. The summed E-state index contributed by atoms with van der Waals surface area (Å²) >= 11 is 3.23. The first-order valence-electron chi connectivity index (χ1n) is 8.99. The zero-order chi connectivity index (χ0) is 22.7. The number of anilines is 1. The van der Waals surface area contributed by atoms with Crippen molar-refractivity contribution >= 4 is 33.9 Å². The molecule has 0 unspecified atom stereocenters. The van der Waals surface area contributed by atoms with Gasteiger partial charge in [-0.1, -0.05) is 35.5 Å². The van der Waals surface area contributed by atoms with E-state index in [4.69, 9.17) is 10.5 Å². The Kier molecular flexibility index (Phi) is 5.81. The number of amides is 1. The number of aromatic hydroxyl groups is 1. The first-order chi connectivity index (χ1) is 15.5. The number of carbonyl (C=O) groups excluding carboxylic acids is 1. The molecular weight excluding hydrogens is 484 g/mol. The Labute approximate surface area is 188 Å². The smallest absolute Gasteiger partial charge is 0.294 e. The van der Waals surface area contributed by atoms with E-state index in [-0.39, 0.29) is 28.8 Å². The second-order valence-electron chi connectivity index (χ2n) is 6.29. The predicted octanol–water partition coefficient (Wildman–Crippen LogP) is 2.14. The summed E-state index contributed by atoms with van der Waals surface area (Å²) in [6.07, 6.45) is 1.39. The maximum Gasteiger partial charge on any atom is 0.294 e. The number of nitrogens with two attached hydrogens (primary N) is 1. The minimum Gasteiger partial charge on any atom is -0.503 e. The lowest BCUT2D eigenvalue weighted by Crippen LogP contribution is -2.19. The van der Waals surface area contributed by atoms with Gasteiger partial charge in [-0.3, -0.25) is 4.79 Å². The van der Waals surface area contributed by atoms with Gasteiger partial charge in [0.15, 0.2) is 17.2 Å². The molecular formula is C19H15BrN8O4. The minimum absolute atomic E-state index is 0.0103. The number of ether oxygens (including phenoxy) is 1. The van der Waals surface area contributed by atoms with Gasteiger partial charge < -0.3 is 15.6 Å². The highest BCUT2D eigenvalue weighted by Gasteiger charge is 2.25. The maximum absolute atomic E-state index is 12.8. The number of hydrogen-bond donors (Lipinski definition) is 3. The summed E-state index contributed by atoms with van der Waals surface area (Å²) in [6, 6.07) is 12.2. The highest BCUT2D eigenvalue weighted by Crippen LogP contribution is 2.34. The van der Waals surface area contributed by atoms with Crippen LogP contribution in [0.15, 0.2) is 56.7 Å². The number of nitrogen functional groups attached to an aromatic ring is 1. The molecule has 162 valence electrons. The molecule has 0 aliphatic rings. The van der Waals surface area contributed by atoms with Crippen LogP contribution in [0.1, 0.15) is 16.1 Å². The third kappa shape index (κ3) is 4.00. The Morgan fingerprint density at radius 3 is 2.78 bits per heavy atom. The second kappa shape index (κ2) is 8.85. The highest BCUT2D eigenvalue weighted by atomic mass is 79.9. The fourth-order valence-electron chi connectivity index (χ4n) is 2.82. The lowest BCUT2D eigenvalue weighted by Gasteiger charge is -2.06. The SMILES string of the molecule is COc1cc(C=NNC(=O)c2nnn(-c3nonc3N)c2-c2ccccc2)cc(Br)c1O. The van der Waals surface area contributed by atoms with Crippen LogP contribution in [0, 0.1) is 0 Å². The number of phenolic OH excluding ortho intramolecular Hbond substituents is 1. The fraction of sp³-hybridized carbons (Fsp3) is 0.0526. The van der Waals surface area contributed by atoms with Gasteiger partial charge in [0, 0.05) is 5.56 Å². The van der Waals surface area contributed by atoms with Crippen LogP contribution in [-0.2, 0) is 0 Å². The van der Waals surface area contributed by atoms with Crippen molar-refractivity contribution in [3.05, 3.63) is 58.2 Å². The summed E-state index contributed by atoms with van der Waals surface area (Å²) in [5.41, 5.74) is 9.72. The molecule has 0 saturated heterocycles. The second-order valence-corrected chi connectivity index (χ2v) is 7.14. The van der Waals surface area contributed by atoms with Crippen LogP contribution in [-0.4, -0.2) is 49.6 Å². The number of methoxy groups -OCH3 is 1. The molecule has 0 saturated carbocycles. The highest BCUT2D eigenvalue weighted by molar-refractivity contribution is 9.10. The van der Waals surface area contributed by atoms with Crippen molar-refractivity contribution in [3.63, 3.8) is 0 Å². The Bertz CT molecular complexity index is 1300. The van der Waals surface area contributed by atoms with E-state index in [0.717, 1.165) is 0 Å². The Morgan fingerprint density at radius 2 is 2.09 bits per heavy atom. The van der Waals surface area contributed by atoms with Crippen molar-refractivity contribution in [2.75, 3.05) is 12.8 Å². The molecule has 0 radical (unpaired) electrons. The molecule has 2 aromatic heterocycles. The number of nitrogens with one attached hydrogen (secondary N) is 1. The Hall–Kier alpha value is -4.26. The normalized spacial score (nSPS) is 11.1. The number of carbonyl (C=O) groups is 1. The predicted molar refractivity (Wildman–Crippen MR) is 116 cm³/mol. The van der Waals surface area contributed by atoms with E-state index in [1.54, 1.807) is 36.4 Å². The van der Waals surface area contributed by atoms with Crippen LogP contribution >= 0.6 is 15.9 Å². The average molecular weight is 499 g/mol. The van der Waals surface area contributed by atoms with Crippen molar-refractivity contribution in [1.82, 2.24) is 30.7 Å². The average Bonchev–Trinajstić information content (AvgIpc) is 3.42. The van der Waals surface area contributed by atoms with Gasteiger partial charge in [-0.25, -0.2) is 10.1 Å². The van der Waals surface area contributed by atoms with Crippen LogP contribution in [0.2, 0.25) is 0 Å². The van der Waals surface area contributed by atoms with Gasteiger partial charge in [0.25, 0.3) is 5.91 Å². The van der Waals surface area contributed by atoms with Gasteiger partial charge in [0.2, 0.25) is 11.6 Å². The monoisotopic (exact) mass is 498 g/mol. The first kappa shape index (κ1) is 21.0. The van der Waals surface area contributed by atoms with E-state index in [0.29, 0.717) is 21.3 Å². The van der Waals surface area contributed by atoms with Crippen LogP contribution in [0.3, 0.4) is 0 Å². The molecule has 0 aliphatic carbocycles. The van der Waals surface area contributed by atoms with Crippen LogP contribution in [0.4, 0.5) is 5.82 Å². The first-order valence-corrected chi connectivity index (χ1v) is 9.78. The summed E-state index contributed by atoms with van der Waals surface area (Å²) in [5, 5.41) is 29.1. The van der Waals surface area contributed by atoms with Gasteiger partial charge in [0.05, 0.1) is 17.8 Å². The van der Waals surface area contributed by atoms with Crippen molar-refractivity contribution in [1.29, 1.82) is 0 Å². The van der Waals surface area contributed by atoms with Gasteiger partial charge in [0.1, 0.15) is 5.69 Å². The molecule has 2 aromatic carbocycles. The molecule has 4 N–H and O–H groups in total. The van der Waals surface area contributed by atoms with Crippen molar-refractivity contribution in [2.45, 2.75) is 0 Å². The quantitative estimate of drug-likeness (QED) is 0.266. The molecule has 4 aromatic rings. The summed E-state index contributed by atoms with van der Waals surface area (Å²) in [6.45, 7) is 0. The van der Waals surface area contributed by atoms with Crippen LogP contribution in [0.25, 0.3) is 17.1 Å². The van der Waals surface area contributed by atoms with Gasteiger partial charge in [-0.05, 0) is 43.9 Å². The zero-order valence-electron chi connectivity index (χ0n) is 16.4. The van der Waals surface area contributed by atoms with Gasteiger partial charge in [-0.15, -0.1) is 5.10 Å². The number of benzene rings is 2. The van der Waals surface area contributed by atoms with Crippen molar-refractivity contribution < 1.29 is 19.3 Å². The molecule has 1 amide bonds. The molecule has 0 atom stereocenters. The largest absolute Gasteiger partial charge is 0.503 e. The van der Waals surface area contributed by atoms with E-state index < -0.39 is 5.91 Å². The fourth-order valence-corrected chi connectivity index (χ4v) is 3.28. The van der Waals surface area contributed by atoms with E-state index in [9.17, 15) is 9.90 Å². The summed E-state index contributed by atoms with van der Waals surface area (Å²) in [7, 11) is 1.43. The summed E-state index contributed by atoms with van der Waals surface area (Å²) < 4.78 is 11.4. The van der Waals surface area contributed by atoms with E-state index in [1.807, 2.05) is 6.07 Å². The third-order valence-electron chi connectivity index (χ3n) is 4.28. The summed E-state index contributed by atoms with van der Waals surface area (Å²) in [5.74, 6) is -0.324. The molecule has 0 fully saturated rings. The Balaban J connectivity index is 1.65. The lowest BCUT2D eigenvalue weighted by molar-refractivity contribution is 0.0950. The molecule has 0 spiro atoms. The lowest BCUT2D eigenvalue weighted by atomic mass is 10.1. The van der Waals surface area contributed by atoms with E-state index in [2.05, 4.69) is 51.7 Å². The van der Waals surface area contributed by atoms with E-state index >= 15 is 0 Å². The van der Waals surface area contributed by atoms with Crippen LogP contribution in [0.5, 0.6) is 11.5 Å². The maximum atomic E-state index is 12.8. The molecule has 13 heteroatoms. The molecule has 32 heavy (non-hydrogen) atoms. The van der Waals surface area contributed by atoms with Crippen molar-refractivity contribution in [3.8, 4) is 28.6 Å². The number of rotatable bonds is 6. The van der Waals surface area contributed by atoms with Crippen molar-refractivity contribution in [2.24, 2.45) is 5.10 Å². The minimum atomic E-state index is -0.619. The molecule has 12 nitrogen and oxygen atoms in total. The van der Waals surface area contributed by atoms with Gasteiger partial charge >= 0.3 is 0 Å². The third-order valence-corrected chi connectivity index (χ3v) is 4.88. The van der Waals surface area contributed by atoms with Gasteiger partial charge in [-0.2, -0.15) is 9.78 Å². The summed E-state index contributed by atoms with van der Waals surface area (Å²) in [4.78, 5) is 12.8. The van der Waals surface area contributed by atoms with E-state index in [1.165, 1.54) is 18.0 Å². The molecule has 0 bridgehead atoms. The number of halogens is 1. The topological polar surface area (TPSA) is 167 Å². The molecule has 2 heterocycles. The number of hydrazone groups is 1. The number of hydrogen-bond acceptors (Lipinski definition) is 10. The van der Waals surface area contributed by atoms with Crippen LogP contribution < -0.4 is 15.9 Å². The molecule has 0 aliphatic heterocycles.